The van der Waals surface area contributed by atoms with E-state index in [0.29, 0.717) is 25.7 Å². The molecule has 0 radical (unpaired) electrons. The second kappa shape index (κ2) is 22.4. The van der Waals surface area contributed by atoms with Gasteiger partial charge in [0.1, 0.15) is 0 Å². The Morgan fingerprint density at radius 1 is 0.884 bits per heavy atom. The topological polar surface area (TPSA) is 77.8 Å². The Labute approximate surface area is 269 Å². The zero-order valence-electron chi connectivity index (χ0n) is 27.6. The first kappa shape index (κ1) is 38.1. The van der Waals surface area contributed by atoms with Crippen molar-refractivity contribution < 1.29 is 20.1 Å². The van der Waals surface area contributed by atoms with E-state index in [1.54, 1.807) is 0 Å². The minimum Gasteiger partial charge on any atom is -0.481 e. The number of hydrogen-bond donors (Lipinski definition) is 3. The van der Waals surface area contributed by atoms with E-state index in [4.69, 9.17) is 11.6 Å². The second-order valence-electron chi connectivity index (χ2n) is 13.6. The molecule has 0 saturated heterocycles. The zero-order chi connectivity index (χ0) is 31.3. The summed E-state index contributed by atoms with van der Waals surface area (Å²) in [6, 6.07) is 0. The monoisotopic (exact) mass is 620 g/mol. The molecule has 5 heteroatoms. The second-order valence-corrected chi connectivity index (χ2v) is 14.2. The maximum absolute atomic E-state index is 11.8. The number of carboxylic acids is 1. The lowest BCUT2D eigenvalue weighted by Crippen LogP contribution is -2.40. The smallest absolute Gasteiger partial charge is 0.310 e. The number of alkyl halides is 1. The molecule has 0 aromatic carbocycles. The number of hydrogen-bond acceptors (Lipinski definition) is 3. The lowest BCUT2D eigenvalue weighted by Gasteiger charge is -2.45. The van der Waals surface area contributed by atoms with Crippen molar-refractivity contribution in [3.8, 4) is 0 Å². The van der Waals surface area contributed by atoms with Crippen LogP contribution in [0.4, 0.5) is 0 Å². The molecule has 0 aromatic heterocycles. The summed E-state index contributed by atoms with van der Waals surface area (Å²) in [4.78, 5) is 11.8. The maximum Gasteiger partial charge on any atom is 0.310 e. The van der Waals surface area contributed by atoms with Crippen molar-refractivity contribution in [2.45, 2.75) is 173 Å². The molecule has 3 N–H and O–H groups in total. The largest absolute Gasteiger partial charge is 0.481 e. The van der Waals surface area contributed by atoms with Gasteiger partial charge < -0.3 is 15.3 Å². The average molecular weight is 621 g/mol. The molecule has 2 aliphatic rings. The summed E-state index contributed by atoms with van der Waals surface area (Å²) in [6.07, 6.45) is 36.2. The standard InChI is InChI=1S/C38H65ClO4/c1-3-5-6-7-8-9-10-11-12-13-14-15-16-18-23-31(37(42)43)24-19-17-20-25-32-33(35(40)30-34(32)39)26-21-27-36(41)38(4-2)28-22-29-38/h17-18,20-21,23,26,31-36,40-41H,3-16,19,22,24-25,27-30H2,1-2H3,(H,42,43)/b20-17-,23-18?,26-21+/t31?,32-,33+,34+,35-,36+/m1/s1. The summed E-state index contributed by atoms with van der Waals surface area (Å²) in [5.74, 6) is -1.05. The quantitative estimate of drug-likeness (QED) is 0.0539. The maximum atomic E-state index is 11.8. The molecule has 0 spiro atoms. The number of carboxylic acid groups (broad SMARTS) is 1. The number of carbonyl (C=O) groups is 1. The van der Waals surface area contributed by atoms with E-state index >= 15 is 0 Å². The van der Waals surface area contributed by atoms with Crippen LogP contribution in [0.15, 0.2) is 36.5 Å². The molecular formula is C38H65ClO4. The summed E-state index contributed by atoms with van der Waals surface area (Å²) in [5, 5.41) is 30.9. The third-order valence-electron chi connectivity index (χ3n) is 10.5. The van der Waals surface area contributed by atoms with E-state index in [1.807, 2.05) is 6.08 Å². The van der Waals surface area contributed by atoms with E-state index in [0.717, 1.165) is 38.5 Å². The highest BCUT2D eigenvalue weighted by atomic mass is 35.5. The van der Waals surface area contributed by atoms with Crippen LogP contribution in [0.2, 0.25) is 0 Å². The van der Waals surface area contributed by atoms with E-state index in [9.17, 15) is 20.1 Å². The van der Waals surface area contributed by atoms with Crippen LogP contribution in [-0.2, 0) is 4.79 Å². The molecule has 0 aromatic rings. The van der Waals surface area contributed by atoms with Gasteiger partial charge in [-0.3, -0.25) is 4.79 Å². The molecule has 0 heterocycles. The van der Waals surface area contributed by atoms with E-state index < -0.39 is 18.0 Å². The molecule has 0 amide bonds. The Morgan fingerprint density at radius 2 is 1.51 bits per heavy atom. The average Bonchev–Trinajstić information content (AvgIpc) is 3.22. The molecule has 2 fully saturated rings. The van der Waals surface area contributed by atoms with E-state index in [2.05, 4.69) is 44.2 Å². The predicted octanol–water partition coefficient (Wildman–Crippen LogP) is 10.6. The number of aliphatic hydroxyl groups is 2. The van der Waals surface area contributed by atoms with E-state index in [-0.39, 0.29) is 28.7 Å². The van der Waals surface area contributed by atoms with Crippen LogP contribution in [0.1, 0.15) is 155 Å². The lowest BCUT2D eigenvalue weighted by atomic mass is 9.63. The van der Waals surface area contributed by atoms with Crippen LogP contribution in [0, 0.1) is 23.2 Å². The minimum absolute atomic E-state index is 0.00617. The molecular weight excluding hydrogens is 556 g/mol. The Bertz CT molecular complexity index is 811. The van der Waals surface area contributed by atoms with Crippen LogP contribution in [0.5, 0.6) is 0 Å². The molecule has 0 bridgehead atoms. The van der Waals surface area contributed by atoms with Gasteiger partial charge >= 0.3 is 5.97 Å². The number of halogens is 1. The summed E-state index contributed by atoms with van der Waals surface area (Å²) >= 11 is 6.63. The number of aliphatic hydroxyl groups excluding tert-OH is 2. The normalized spacial score (nSPS) is 25.1. The van der Waals surface area contributed by atoms with Gasteiger partial charge in [-0.15, -0.1) is 11.6 Å². The fourth-order valence-corrected chi connectivity index (χ4v) is 7.60. The number of aliphatic carboxylic acids is 1. The Hall–Kier alpha value is -1.10. The highest BCUT2D eigenvalue weighted by Gasteiger charge is 2.42. The van der Waals surface area contributed by atoms with Gasteiger partial charge in [0.2, 0.25) is 0 Å². The number of rotatable bonds is 25. The lowest BCUT2D eigenvalue weighted by molar-refractivity contribution is -0.140. The molecule has 2 rings (SSSR count). The first-order valence-corrected chi connectivity index (χ1v) is 18.5. The van der Waals surface area contributed by atoms with Crippen LogP contribution in [-0.4, -0.2) is 38.9 Å². The SMILES string of the molecule is CCCCCCCCCCCCCCC=CC(CC/C=C\C[C@@H]1[C@H](/C=C/C[C@H](O)C2(CC)CCC2)[C@H](O)C[C@@H]1Cl)C(=O)O. The first-order chi connectivity index (χ1) is 20.8. The van der Waals surface area contributed by atoms with Crippen LogP contribution < -0.4 is 0 Å². The molecule has 2 aliphatic carbocycles. The summed E-state index contributed by atoms with van der Waals surface area (Å²) in [5.41, 5.74) is 0.0885. The summed E-state index contributed by atoms with van der Waals surface area (Å²) < 4.78 is 0. The Balaban J connectivity index is 1.61. The third kappa shape index (κ3) is 14.3. The summed E-state index contributed by atoms with van der Waals surface area (Å²) in [7, 11) is 0. The fraction of sp³-hybridized carbons (Fsp3) is 0.816. The van der Waals surface area contributed by atoms with Crippen molar-refractivity contribution in [1.29, 1.82) is 0 Å². The fourth-order valence-electron chi connectivity index (χ4n) is 7.15. The summed E-state index contributed by atoms with van der Waals surface area (Å²) in [6.45, 7) is 4.44. The van der Waals surface area contributed by atoms with Crippen molar-refractivity contribution in [3.63, 3.8) is 0 Å². The Morgan fingerprint density at radius 3 is 2.07 bits per heavy atom. The van der Waals surface area contributed by atoms with Gasteiger partial charge in [-0.05, 0) is 75.5 Å². The molecule has 4 nitrogen and oxygen atoms in total. The molecule has 1 unspecified atom stereocenters. The van der Waals surface area contributed by atoms with Crippen LogP contribution in [0.3, 0.4) is 0 Å². The van der Waals surface area contributed by atoms with Gasteiger partial charge in [0.15, 0.2) is 0 Å². The molecule has 43 heavy (non-hydrogen) atoms. The first-order valence-electron chi connectivity index (χ1n) is 18.1. The van der Waals surface area contributed by atoms with Gasteiger partial charge in [0.05, 0.1) is 18.1 Å². The minimum atomic E-state index is -0.752. The van der Waals surface area contributed by atoms with E-state index in [1.165, 1.54) is 77.0 Å². The van der Waals surface area contributed by atoms with Gasteiger partial charge in [-0.25, -0.2) is 0 Å². The molecule has 248 valence electrons. The van der Waals surface area contributed by atoms with Crippen LogP contribution in [0.25, 0.3) is 0 Å². The van der Waals surface area contributed by atoms with Crippen molar-refractivity contribution in [2.24, 2.45) is 23.2 Å². The highest BCUT2D eigenvalue weighted by Crippen LogP contribution is 2.48. The zero-order valence-corrected chi connectivity index (χ0v) is 28.4. The van der Waals surface area contributed by atoms with Gasteiger partial charge in [0, 0.05) is 11.3 Å². The van der Waals surface area contributed by atoms with Crippen molar-refractivity contribution in [2.75, 3.05) is 0 Å². The van der Waals surface area contributed by atoms with Gasteiger partial charge in [0.25, 0.3) is 0 Å². The molecule has 6 atom stereocenters. The van der Waals surface area contributed by atoms with Crippen LogP contribution >= 0.6 is 11.6 Å². The van der Waals surface area contributed by atoms with Gasteiger partial charge in [-0.2, -0.15) is 0 Å². The Kier molecular flexibility index (Phi) is 19.9. The van der Waals surface area contributed by atoms with Crippen molar-refractivity contribution >= 4 is 17.6 Å². The third-order valence-corrected chi connectivity index (χ3v) is 11.0. The van der Waals surface area contributed by atoms with Crippen molar-refractivity contribution in [3.05, 3.63) is 36.5 Å². The number of allylic oxidation sites excluding steroid dienone is 3. The van der Waals surface area contributed by atoms with Gasteiger partial charge in [-0.1, -0.05) is 127 Å². The molecule has 0 aliphatic heterocycles. The predicted molar refractivity (Wildman–Crippen MR) is 183 cm³/mol. The number of unbranched alkanes of at least 4 members (excludes halogenated alkanes) is 12. The molecule has 2 saturated carbocycles. The van der Waals surface area contributed by atoms with Crippen molar-refractivity contribution in [1.82, 2.24) is 0 Å². The highest BCUT2D eigenvalue weighted by molar-refractivity contribution is 6.21.